The van der Waals surface area contributed by atoms with Gasteiger partial charge in [0.15, 0.2) is 0 Å². The van der Waals surface area contributed by atoms with E-state index in [1.807, 2.05) is 0 Å². The molecular weight excluding hydrogens is 327 g/mol. The van der Waals surface area contributed by atoms with Crippen LogP contribution >= 0.6 is 23.2 Å². The van der Waals surface area contributed by atoms with Gasteiger partial charge in [-0.15, -0.1) is 0 Å². The van der Waals surface area contributed by atoms with Crippen molar-refractivity contribution >= 4 is 29.2 Å². The van der Waals surface area contributed by atoms with Crippen molar-refractivity contribution in [1.29, 1.82) is 0 Å². The van der Waals surface area contributed by atoms with Crippen molar-refractivity contribution in [3.05, 3.63) is 58.1 Å². The molecule has 0 aliphatic carbocycles. The van der Waals surface area contributed by atoms with Gasteiger partial charge in [-0.2, -0.15) is 4.98 Å². The zero-order valence-corrected chi connectivity index (χ0v) is 12.5. The SMILES string of the molecule is O=C(O)c1ccccc1-c1nc(-c2cc(Cl)cc(Cl)c2)no1. The van der Waals surface area contributed by atoms with Crippen LogP contribution in [0.5, 0.6) is 0 Å². The summed E-state index contributed by atoms with van der Waals surface area (Å²) in [4.78, 5) is 15.5. The molecule has 7 heteroatoms. The van der Waals surface area contributed by atoms with E-state index in [0.717, 1.165) is 0 Å². The molecule has 2 aromatic carbocycles. The summed E-state index contributed by atoms with van der Waals surface area (Å²) in [6.07, 6.45) is 0. The maximum atomic E-state index is 11.2. The number of carboxylic acid groups (broad SMARTS) is 1. The molecule has 1 heterocycles. The molecule has 0 spiro atoms. The minimum absolute atomic E-state index is 0.0850. The van der Waals surface area contributed by atoms with Gasteiger partial charge in [-0.05, 0) is 30.3 Å². The summed E-state index contributed by atoms with van der Waals surface area (Å²) in [7, 11) is 0. The molecule has 1 N–H and O–H groups in total. The Morgan fingerprint density at radius 2 is 1.77 bits per heavy atom. The van der Waals surface area contributed by atoms with Gasteiger partial charge < -0.3 is 9.63 Å². The molecule has 1 aromatic heterocycles. The summed E-state index contributed by atoms with van der Waals surface area (Å²) < 4.78 is 5.17. The summed E-state index contributed by atoms with van der Waals surface area (Å²) in [5, 5.41) is 13.9. The number of hydrogen-bond donors (Lipinski definition) is 1. The Morgan fingerprint density at radius 1 is 1.09 bits per heavy atom. The highest BCUT2D eigenvalue weighted by Gasteiger charge is 2.17. The van der Waals surface area contributed by atoms with Gasteiger partial charge >= 0.3 is 5.97 Å². The number of aromatic carboxylic acids is 1. The van der Waals surface area contributed by atoms with Crippen LogP contribution in [-0.2, 0) is 0 Å². The Balaban J connectivity index is 2.06. The summed E-state index contributed by atoms with van der Waals surface area (Å²) >= 11 is 11.9. The summed E-state index contributed by atoms with van der Waals surface area (Å²) in [6, 6.07) is 11.3. The Kier molecular flexibility index (Phi) is 3.83. The zero-order chi connectivity index (χ0) is 15.7. The molecular formula is C15H8Cl2N2O3. The number of aromatic nitrogens is 2. The molecule has 3 rings (SSSR count). The van der Waals surface area contributed by atoms with Crippen LogP contribution in [0, 0.1) is 0 Å². The molecule has 5 nitrogen and oxygen atoms in total. The van der Waals surface area contributed by atoms with Crippen LogP contribution in [0.2, 0.25) is 10.0 Å². The van der Waals surface area contributed by atoms with E-state index in [1.165, 1.54) is 6.07 Å². The fourth-order valence-electron chi connectivity index (χ4n) is 1.99. The van der Waals surface area contributed by atoms with E-state index in [9.17, 15) is 9.90 Å². The minimum atomic E-state index is -1.07. The van der Waals surface area contributed by atoms with Crippen molar-refractivity contribution in [2.24, 2.45) is 0 Å². The van der Waals surface area contributed by atoms with Crippen molar-refractivity contribution < 1.29 is 14.4 Å². The zero-order valence-electron chi connectivity index (χ0n) is 11.0. The van der Waals surface area contributed by atoms with Gasteiger partial charge in [0, 0.05) is 15.6 Å². The van der Waals surface area contributed by atoms with Gasteiger partial charge in [0.05, 0.1) is 11.1 Å². The lowest BCUT2D eigenvalue weighted by Crippen LogP contribution is -1.99. The first-order valence-corrected chi connectivity index (χ1v) is 6.93. The Hall–Kier alpha value is -2.37. The minimum Gasteiger partial charge on any atom is -0.478 e. The number of rotatable bonds is 3. The largest absolute Gasteiger partial charge is 0.478 e. The Morgan fingerprint density at radius 3 is 2.45 bits per heavy atom. The average Bonchev–Trinajstić information content (AvgIpc) is 2.96. The fraction of sp³-hybridized carbons (Fsp3) is 0. The number of benzene rings is 2. The average molecular weight is 335 g/mol. The number of hydrogen-bond acceptors (Lipinski definition) is 4. The molecule has 0 saturated carbocycles. The number of carbonyl (C=O) groups is 1. The molecule has 110 valence electrons. The van der Waals surface area contributed by atoms with Gasteiger partial charge in [0.1, 0.15) is 0 Å². The highest BCUT2D eigenvalue weighted by molar-refractivity contribution is 6.35. The molecule has 3 aromatic rings. The van der Waals surface area contributed by atoms with E-state index >= 15 is 0 Å². The summed E-state index contributed by atoms with van der Waals surface area (Å²) in [5.41, 5.74) is 1.02. The lowest BCUT2D eigenvalue weighted by Gasteiger charge is -1.99. The first kappa shape index (κ1) is 14.6. The molecule has 0 bridgehead atoms. The normalized spacial score (nSPS) is 10.6. The molecule has 0 unspecified atom stereocenters. The van der Waals surface area contributed by atoms with E-state index < -0.39 is 5.97 Å². The van der Waals surface area contributed by atoms with Gasteiger partial charge in [0.25, 0.3) is 5.89 Å². The van der Waals surface area contributed by atoms with E-state index in [4.69, 9.17) is 27.7 Å². The second kappa shape index (κ2) is 5.79. The van der Waals surface area contributed by atoms with E-state index in [0.29, 0.717) is 21.2 Å². The van der Waals surface area contributed by atoms with Crippen LogP contribution in [0.3, 0.4) is 0 Å². The predicted octanol–water partition coefficient (Wildman–Crippen LogP) is 4.41. The van der Waals surface area contributed by atoms with Gasteiger partial charge in [-0.1, -0.05) is 40.5 Å². The lowest BCUT2D eigenvalue weighted by atomic mass is 10.1. The Labute approximate surface area is 135 Å². The van der Waals surface area contributed by atoms with E-state index in [-0.39, 0.29) is 17.3 Å². The van der Waals surface area contributed by atoms with Crippen LogP contribution in [0.4, 0.5) is 0 Å². The van der Waals surface area contributed by atoms with Crippen LogP contribution in [-0.4, -0.2) is 21.2 Å². The van der Waals surface area contributed by atoms with Gasteiger partial charge in [-0.25, -0.2) is 4.79 Å². The standard InChI is InChI=1S/C15H8Cl2N2O3/c16-9-5-8(6-10(17)7-9)13-18-14(22-19-13)11-3-1-2-4-12(11)15(20)21/h1-7H,(H,20,21). The fourth-order valence-corrected chi connectivity index (χ4v) is 2.52. The van der Waals surface area contributed by atoms with Crippen LogP contribution < -0.4 is 0 Å². The highest BCUT2D eigenvalue weighted by atomic mass is 35.5. The summed E-state index contributed by atoms with van der Waals surface area (Å²) in [6.45, 7) is 0. The first-order chi connectivity index (χ1) is 10.5. The van der Waals surface area contributed by atoms with Crippen molar-refractivity contribution in [3.63, 3.8) is 0 Å². The number of carboxylic acids is 1. The molecule has 0 amide bonds. The molecule has 0 saturated heterocycles. The molecule has 0 aliphatic rings. The molecule has 0 atom stereocenters. The molecule has 22 heavy (non-hydrogen) atoms. The third kappa shape index (κ3) is 2.81. The van der Waals surface area contributed by atoms with E-state index in [2.05, 4.69) is 10.1 Å². The monoisotopic (exact) mass is 334 g/mol. The Bertz CT molecular complexity index is 841. The maximum absolute atomic E-state index is 11.2. The second-order valence-corrected chi connectivity index (χ2v) is 5.30. The van der Waals surface area contributed by atoms with Crippen LogP contribution in [0.15, 0.2) is 47.0 Å². The molecule has 0 aliphatic heterocycles. The molecule has 0 fully saturated rings. The van der Waals surface area contributed by atoms with Crippen molar-refractivity contribution in [3.8, 4) is 22.8 Å². The van der Waals surface area contributed by atoms with E-state index in [1.54, 1.807) is 36.4 Å². The van der Waals surface area contributed by atoms with Gasteiger partial charge in [-0.3, -0.25) is 0 Å². The topological polar surface area (TPSA) is 76.2 Å². The third-order valence-corrected chi connectivity index (χ3v) is 3.37. The first-order valence-electron chi connectivity index (χ1n) is 6.17. The van der Waals surface area contributed by atoms with Crippen LogP contribution in [0.1, 0.15) is 10.4 Å². The highest BCUT2D eigenvalue weighted by Crippen LogP contribution is 2.28. The lowest BCUT2D eigenvalue weighted by molar-refractivity contribution is 0.0697. The van der Waals surface area contributed by atoms with Gasteiger partial charge in [0.2, 0.25) is 5.82 Å². The second-order valence-electron chi connectivity index (χ2n) is 4.43. The smallest absolute Gasteiger partial charge is 0.336 e. The number of nitrogens with zero attached hydrogens (tertiary/aromatic N) is 2. The predicted molar refractivity (Wildman–Crippen MR) is 82.1 cm³/mol. The molecule has 0 radical (unpaired) electrons. The van der Waals surface area contributed by atoms with Crippen molar-refractivity contribution in [2.75, 3.05) is 0 Å². The van der Waals surface area contributed by atoms with Crippen LogP contribution in [0.25, 0.3) is 22.8 Å². The van der Waals surface area contributed by atoms with Crippen molar-refractivity contribution in [2.45, 2.75) is 0 Å². The maximum Gasteiger partial charge on any atom is 0.336 e. The number of halogens is 2. The third-order valence-electron chi connectivity index (χ3n) is 2.93. The van der Waals surface area contributed by atoms with Crippen molar-refractivity contribution in [1.82, 2.24) is 10.1 Å². The quantitative estimate of drug-likeness (QED) is 0.767. The summed E-state index contributed by atoms with van der Waals surface area (Å²) in [5.74, 6) is -0.676.